The molecule has 32 heavy (non-hydrogen) atoms. The van der Waals surface area contributed by atoms with Crippen molar-refractivity contribution in [2.45, 2.75) is 38.2 Å². The summed E-state index contributed by atoms with van der Waals surface area (Å²) < 4.78 is 20.5. The number of amides is 1. The summed E-state index contributed by atoms with van der Waals surface area (Å²) in [6, 6.07) is 15.1. The first-order chi connectivity index (χ1) is 15.5. The minimum atomic E-state index is -0.771. The Balaban J connectivity index is 1.39. The van der Waals surface area contributed by atoms with E-state index in [9.17, 15) is 4.79 Å². The highest BCUT2D eigenvalue weighted by Gasteiger charge is 2.42. The summed E-state index contributed by atoms with van der Waals surface area (Å²) in [6.07, 6.45) is 6.65. The van der Waals surface area contributed by atoms with Gasteiger partial charge in [-0.3, -0.25) is 4.79 Å². The van der Waals surface area contributed by atoms with Crippen LogP contribution in [0, 0.1) is 0 Å². The van der Waals surface area contributed by atoms with Crippen LogP contribution in [-0.4, -0.2) is 40.6 Å². The van der Waals surface area contributed by atoms with Crippen LogP contribution < -0.4 is 10.1 Å². The third-order valence-corrected chi connectivity index (χ3v) is 5.45. The number of hydrogen-bond acceptors (Lipinski definition) is 5. The molecule has 0 unspecified atom stereocenters. The molecule has 1 fully saturated rings. The van der Waals surface area contributed by atoms with Crippen LogP contribution in [0.2, 0.25) is 5.02 Å². The summed E-state index contributed by atoms with van der Waals surface area (Å²) in [6.45, 7) is 2.78. The number of carbonyl (C=O) groups excluding carboxylic acids is 1. The number of aryl methyl sites for hydroxylation is 1. The van der Waals surface area contributed by atoms with Gasteiger partial charge in [-0.25, -0.2) is 4.98 Å². The van der Waals surface area contributed by atoms with E-state index in [4.69, 9.17) is 25.8 Å². The van der Waals surface area contributed by atoms with E-state index in [1.54, 1.807) is 18.6 Å². The lowest BCUT2D eigenvalue weighted by Gasteiger charge is -2.28. The van der Waals surface area contributed by atoms with Crippen LogP contribution in [0.5, 0.6) is 5.75 Å². The lowest BCUT2D eigenvalue weighted by atomic mass is 10.0. The van der Waals surface area contributed by atoms with Crippen molar-refractivity contribution in [3.63, 3.8) is 0 Å². The second kappa shape index (κ2) is 10.2. The molecule has 2 heterocycles. The molecule has 8 heteroatoms. The smallest absolute Gasteiger partial charge is 0.221 e. The summed E-state index contributed by atoms with van der Waals surface area (Å²) in [4.78, 5) is 15.4. The van der Waals surface area contributed by atoms with Crippen LogP contribution in [0.25, 0.3) is 0 Å². The second-order valence-electron chi connectivity index (χ2n) is 7.84. The Morgan fingerprint density at radius 3 is 2.91 bits per heavy atom. The first-order valence-corrected chi connectivity index (χ1v) is 10.9. The van der Waals surface area contributed by atoms with Gasteiger partial charge in [0, 0.05) is 42.5 Å². The fraction of sp³-hybridized carbons (Fsp3) is 0.333. The molecule has 2 atom stereocenters. The highest BCUT2D eigenvalue weighted by Crippen LogP contribution is 2.31. The highest BCUT2D eigenvalue weighted by atomic mass is 35.5. The van der Waals surface area contributed by atoms with Gasteiger partial charge >= 0.3 is 0 Å². The molecule has 3 aromatic rings. The van der Waals surface area contributed by atoms with Crippen LogP contribution in [0.4, 0.5) is 5.69 Å². The molecule has 168 valence electrons. The van der Waals surface area contributed by atoms with Crippen molar-refractivity contribution >= 4 is 23.2 Å². The van der Waals surface area contributed by atoms with Crippen molar-refractivity contribution in [2.75, 3.05) is 18.5 Å². The maximum atomic E-state index is 11.3. The molecule has 0 spiro atoms. The quantitative estimate of drug-likeness (QED) is 0.520. The Morgan fingerprint density at radius 2 is 2.16 bits per heavy atom. The fourth-order valence-corrected chi connectivity index (χ4v) is 3.82. The van der Waals surface area contributed by atoms with E-state index in [0.29, 0.717) is 37.6 Å². The maximum absolute atomic E-state index is 11.3. The zero-order chi connectivity index (χ0) is 22.4. The Labute approximate surface area is 192 Å². The molecule has 2 aromatic carbocycles. The van der Waals surface area contributed by atoms with E-state index in [1.807, 2.05) is 53.2 Å². The molecule has 1 aliphatic heterocycles. The Kier molecular flexibility index (Phi) is 7.09. The maximum Gasteiger partial charge on any atom is 0.221 e. The van der Waals surface area contributed by atoms with Crippen LogP contribution in [0.1, 0.15) is 18.9 Å². The predicted octanol–water partition coefficient (Wildman–Crippen LogP) is 4.32. The zero-order valence-corrected chi connectivity index (χ0v) is 18.6. The largest absolute Gasteiger partial charge is 0.491 e. The van der Waals surface area contributed by atoms with Crippen LogP contribution >= 0.6 is 11.6 Å². The minimum Gasteiger partial charge on any atom is -0.491 e. The molecule has 1 aliphatic rings. The molecule has 1 amide bonds. The van der Waals surface area contributed by atoms with Crippen LogP contribution in [-0.2, 0) is 27.2 Å². The van der Waals surface area contributed by atoms with E-state index >= 15 is 0 Å². The Hall–Kier alpha value is -2.87. The van der Waals surface area contributed by atoms with E-state index in [0.717, 1.165) is 11.4 Å². The number of imidazole rings is 1. The van der Waals surface area contributed by atoms with Crippen molar-refractivity contribution in [3.8, 4) is 5.75 Å². The summed E-state index contributed by atoms with van der Waals surface area (Å²) in [5.41, 5.74) is 1.86. The predicted molar refractivity (Wildman–Crippen MR) is 122 cm³/mol. The lowest BCUT2D eigenvalue weighted by Crippen LogP contribution is -2.37. The number of anilines is 1. The SMILES string of the molecule is CC(=O)Nc1cccc(OC[C@@H]2CO[C@](CCc3ccc(Cl)cc3)(Cn3ccnc3)O2)c1. The van der Waals surface area contributed by atoms with Gasteiger partial charge in [0.2, 0.25) is 5.91 Å². The van der Waals surface area contributed by atoms with Gasteiger partial charge in [0.15, 0.2) is 5.79 Å². The third kappa shape index (κ3) is 6.09. The van der Waals surface area contributed by atoms with E-state index in [1.165, 1.54) is 12.5 Å². The molecule has 1 aromatic heterocycles. The number of aromatic nitrogens is 2. The van der Waals surface area contributed by atoms with Gasteiger partial charge in [-0.15, -0.1) is 0 Å². The molecule has 7 nitrogen and oxygen atoms in total. The summed E-state index contributed by atoms with van der Waals surface area (Å²) >= 11 is 6.01. The third-order valence-electron chi connectivity index (χ3n) is 5.19. The number of halogens is 1. The number of carbonyl (C=O) groups is 1. The molecule has 0 aliphatic carbocycles. The molecule has 0 radical (unpaired) electrons. The highest BCUT2D eigenvalue weighted by molar-refractivity contribution is 6.30. The van der Waals surface area contributed by atoms with Crippen molar-refractivity contribution < 1.29 is 19.0 Å². The molecule has 4 rings (SSSR count). The van der Waals surface area contributed by atoms with Crippen molar-refractivity contribution in [2.24, 2.45) is 0 Å². The average Bonchev–Trinajstić information content (AvgIpc) is 3.42. The van der Waals surface area contributed by atoms with Gasteiger partial charge in [0.25, 0.3) is 0 Å². The second-order valence-corrected chi connectivity index (χ2v) is 8.28. The van der Waals surface area contributed by atoms with Gasteiger partial charge in [-0.2, -0.15) is 0 Å². The number of rotatable bonds is 9. The molecule has 0 saturated carbocycles. The van der Waals surface area contributed by atoms with Crippen molar-refractivity contribution in [1.82, 2.24) is 9.55 Å². The first kappa shape index (κ1) is 22.3. The Morgan fingerprint density at radius 1 is 1.31 bits per heavy atom. The van der Waals surface area contributed by atoms with Gasteiger partial charge in [-0.05, 0) is 36.2 Å². The summed E-state index contributed by atoms with van der Waals surface area (Å²) in [7, 11) is 0. The number of benzene rings is 2. The van der Waals surface area contributed by atoms with Crippen molar-refractivity contribution in [3.05, 3.63) is 77.8 Å². The fourth-order valence-electron chi connectivity index (χ4n) is 3.69. The van der Waals surface area contributed by atoms with Gasteiger partial charge in [0.1, 0.15) is 18.5 Å². The molecular formula is C24H26ClN3O4. The zero-order valence-electron chi connectivity index (χ0n) is 17.9. The van der Waals surface area contributed by atoms with Gasteiger partial charge in [0.05, 0.1) is 19.5 Å². The van der Waals surface area contributed by atoms with Crippen LogP contribution in [0.3, 0.4) is 0 Å². The summed E-state index contributed by atoms with van der Waals surface area (Å²) in [5.74, 6) is -0.236. The van der Waals surface area contributed by atoms with E-state index < -0.39 is 5.79 Å². The number of nitrogens with one attached hydrogen (secondary N) is 1. The monoisotopic (exact) mass is 455 g/mol. The van der Waals surface area contributed by atoms with E-state index in [-0.39, 0.29) is 12.0 Å². The minimum absolute atomic E-state index is 0.125. The summed E-state index contributed by atoms with van der Waals surface area (Å²) in [5, 5.41) is 3.47. The number of nitrogens with zero attached hydrogens (tertiary/aromatic N) is 2. The molecule has 1 saturated heterocycles. The lowest BCUT2D eigenvalue weighted by molar-refractivity contribution is -0.184. The van der Waals surface area contributed by atoms with Crippen molar-refractivity contribution in [1.29, 1.82) is 0 Å². The van der Waals surface area contributed by atoms with Gasteiger partial charge in [-0.1, -0.05) is 29.8 Å². The van der Waals surface area contributed by atoms with E-state index in [2.05, 4.69) is 10.3 Å². The normalized spacial score (nSPS) is 20.2. The molecule has 0 bridgehead atoms. The first-order valence-electron chi connectivity index (χ1n) is 10.5. The standard InChI is InChI=1S/C24H26ClN3O4/c1-18(29)27-21-3-2-4-22(13-21)30-14-23-15-31-24(32-23,16-28-12-11-26-17-28)10-9-19-5-7-20(25)8-6-19/h2-8,11-13,17,23H,9-10,14-16H2,1H3,(H,27,29)/t23-,24+/m1/s1. The molecular weight excluding hydrogens is 430 g/mol. The average molecular weight is 456 g/mol. The number of ether oxygens (including phenoxy) is 3. The van der Waals surface area contributed by atoms with Crippen LogP contribution in [0.15, 0.2) is 67.3 Å². The topological polar surface area (TPSA) is 74.6 Å². The number of hydrogen-bond donors (Lipinski definition) is 1. The molecule has 1 N–H and O–H groups in total. The Bertz CT molecular complexity index is 1030. The van der Waals surface area contributed by atoms with Gasteiger partial charge < -0.3 is 24.1 Å².